The molecule has 0 aromatic heterocycles. The first kappa shape index (κ1) is 48.4. The van der Waals surface area contributed by atoms with E-state index in [1.165, 1.54) is 35.4 Å². The molecule has 0 aromatic carbocycles. The predicted molar refractivity (Wildman–Crippen MR) is 204 cm³/mol. The van der Waals surface area contributed by atoms with Crippen LogP contribution in [-0.2, 0) is 52.5 Å². The number of hydrogen-bond acceptors (Lipinski definition) is 16. The first-order valence-electron chi connectivity index (χ1n) is 19.5. The van der Waals surface area contributed by atoms with Crippen molar-refractivity contribution in [3.8, 4) is 0 Å². The summed E-state index contributed by atoms with van der Waals surface area (Å²) < 4.78 is 27.7. The standard InChI is InChI=1S/C36H62N6O14S/c1-23(44)39-32-27(56-28(22-43)33(48)34(32)49)8-12-52-15-11-41(24(2)45)21-30(46)37-9-13-53-16-18-55-19-17-54-14-10-38-40-35(50)25-4-6-26(7-5-25)42-31(47)20-29(57-3)36(42)51/h25-29,32-34,38,43,48-49H,4-22H2,1-3H3,(H,37,46)(H,39,44)(H,40,50)/t25?,26?,27-,28-,29?,32+,33+,34-/m1/s1. The fraction of sp³-hybridized carbons (Fsp3) is 0.833. The molecule has 6 amide bonds. The second kappa shape index (κ2) is 26.2. The lowest BCUT2D eigenvalue weighted by molar-refractivity contribution is -0.198. The van der Waals surface area contributed by atoms with Gasteiger partial charge in [-0.05, 0) is 38.4 Å². The van der Waals surface area contributed by atoms with Gasteiger partial charge in [-0.3, -0.25) is 39.1 Å². The molecular formula is C36H62N6O14S. The van der Waals surface area contributed by atoms with E-state index in [-0.39, 0.29) is 99.0 Å². The molecule has 3 rings (SSSR count). The molecule has 0 radical (unpaired) electrons. The van der Waals surface area contributed by atoms with Gasteiger partial charge in [-0.25, -0.2) is 5.43 Å². The number of ether oxygens (including phenoxy) is 5. The van der Waals surface area contributed by atoms with Gasteiger partial charge in [0.15, 0.2) is 0 Å². The summed E-state index contributed by atoms with van der Waals surface area (Å²) in [4.78, 5) is 76.2. The number of thioether (sulfide) groups is 1. The summed E-state index contributed by atoms with van der Waals surface area (Å²) in [7, 11) is 0. The molecule has 3 aliphatic rings. The van der Waals surface area contributed by atoms with Crippen molar-refractivity contribution in [2.24, 2.45) is 5.92 Å². The normalized spacial score (nSPS) is 26.3. The number of carbonyl (C=O) groups excluding carboxylic acids is 6. The van der Waals surface area contributed by atoms with Crippen LogP contribution in [0.15, 0.2) is 0 Å². The second-order valence-electron chi connectivity index (χ2n) is 14.1. The van der Waals surface area contributed by atoms with Crippen molar-refractivity contribution in [3.05, 3.63) is 0 Å². The lowest BCUT2D eigenvalue weighted by atomic mass is 9.85. The van der Waals surface area contributed by atoms with E-state index in [1.54, 1.807) is 0 Å². The SMILES string of the molecule is CSC1CC(=O)N(C2CCC(C(=O)NNCCOCCOCCOCCNC(=O)CN(CCOCC[C@H]3O[C@H](CO)[C@H](O)[C@H](O)[C@H]3NC(C)=O)C(C)=O)CC2)C1=O. The maximum absolute atomic E-state index is 12.5. The molecular weight excluding hydrogens is 772 g/mol. The Morgan fingerprint density at radius 3 is 2.09 bits per heavy atom. The summed E-state index contributed by atoms with van der Waals surface area (Å²) in [6.07, 6.45) is 0.353. The molecule has 326 valence electrons. The van der Waals surface area contributed by atoms with Crippen LogP contribution in [0, 0.1) is 5.92 Å². The number of carbonyl (C=O) groups is 6. The zero-order valence-electron chi connectivity index (χ0n) is 33.2. The lowest BCUT2D eigenvalue weighted by Crippen LogP contribution is -2.64. The number of hydrogen-bond donors (Lipinski definition) is 7. The van der Waals surface area contributed by atoms with Crippen molar-refractivity contribution in [1.29, 1.82) is 0 Å². The van der Waals surface area contributed by atoms with Gasteiger partial charge >= 0.3 is 0 Å². The fourth-order valence-corrected chi connectivity index (χ4v) is 7.50. The van der Waals surface area contributed by atoms with E-state index in [1.807, 2.05) is 6.26 Å². The average molecular weight is 835 g/mol. The van der Waals surface area contributed by atoms with E-state index in [2.05, 4.69) is 21.5 Å². The fourth-order valence-electron chi connectivity index (χ4n) is 6.87. The number of rotatable bonds is 26. The van der Waals surface area contributed by atoms with Gasteiger partial charge in [0.05, 0.1) is 76.8 Å². The highest BCUT2D eigenvalue weighted by atomic mass is 32.2. The van der Waals surface area contributed by atoms with E-state index in [0.717, 1.165) is 0 Å². The van der Waals surface area contributed by atoms with Crippen LogP contribution in [0.4, 0.5) is 0 Å². The van der Waals surface area contributed by atoms with Gasteiger partial charge in [-0.1, -0.05) is 0 Å². The molecule has 2 aliphatic heterocycles. The highest BCUT2D eigenvalue weighted by Gasteiger charge is 2.45. The largest absolute Gasteiger partial charge is 0.394 e. The number of amides is 6. The van der Waals surface area contributed by atoms with Gasteiger partial charge in [-0.2, -0.15) is 11.8 Å². The third-order valence-electron chi connectivity index (χ3n) is 9.99. The number of imide groups is 1. The van der Waals surface area contributed by atoms with Crippen LogP contribution in [0.5, 0.6) is 0 Å². The summed E-state index contributed by atoms with van der Waals surface area (Å²) in [5.74, 6) is -1.60. The van der Waals surface area contributed by atoms with Crippen LogP contribution in [0.2, 0.25) is 0 Å². The number of nitrogens with one attached hydrogen (secondary N) is 4. The van der Waals surface area contributed by atoms with Gasteiger partial charge in [0, 0.05) is 58.5 Å². The molecule has 0 aromatic rings. The monoisotopic (exact) mass is 834 g/mol. The minimum absolute atomic E-state index is 0.106. The van der Waals surface area contributed by atoms with Crippen molar-refractivity contribution in [1.82, 2.24) is 31.3 Å². The zero-order valence-corrected chi connectivity index (χ0v) is 34.0. The molecule has 1 saturated carbocycles. The third kappa shape index (κ3) is 16.3. The van der Waals surface area contributed by atoms with Crippen molar-refractivity contribution in [2.75, 3.05) is 91.9 Å². The Balaban J connectivity index is 1.13. The van der Waals surface area contributed by atoms with Gasteiger partial charge in [-0.15, -0.1) is 0 Å². The molecule has 6 atom stereocenters. The number of aliphatic hydroxyl groups is 3. The summed E-state index contributed by atoms with van der Waals surface area (Å²) in [6.45, 7) is 4.91. The summed E-state index contributed by atoms with van der Waals surface area (Å²) in [6, 6.07) is -1.02. The van der Waals surface area contributed by atoms with Crippen molar-refractivity contribution in [2.45, 2.75) is 94.1 Å². The highest BCUT2D eigenvalue weighted by molar-refractivity contribution is 8.00. The molecule has 0 bridgehead atoms. The molecule has 2 saturated heterocycles. The first-order valence-corrected chi connectivity index (χ1v) is 20.8. The molecule has 7 N–H and O–H groups in total. The Morgan fingerprint density at radius 1 is 0.860 bits per heavy atom. The number of likely N-dealkylation sites (tertiary alicyclic amines) is 1. The Bertz CT molecular complexity index is 1290. The van der Waals surface area contributed by atoms with Crippen molar-refractivity contribution in [3.63, 3.8) is 0 Å². The maximum Gasteiger partial charge on any atom is 0.243 e. The van der Waals surface area contributed by atoms with Crippen molar-refractivity contribution < 1.29 is 67.8 Å². The molecule has 1 aliphatic carbocycles. The Morgan fingerprint density at radius 2 is 1.49 bits per heavy atom. The van der Waals surface area contributed by atoms with Crippen LogP contribution >= 0.6 is 11.8 Å². The average Bonchev–Trinajstić information content (AvgIpc) is 3.48. The minimum atomic E-state index is -1.37. The number of hydrazine groups is 1. The van der Waals surface area contributed by atoms with Crippen LogP contribution in [0.25, 0.3) is 0 Å². The Labute approximate surface area is 337 Å². The topological polar surface area (TPSA) is 264 Å². The molecule has 20 nitrogen and oxygen atoms in total. The van der Waals surface area contributed by atoms with Gasteiger partial charge in [0.2, 0.25) is 35.4 Å². The Kier molecular flexibility index (Phi) is 22.2. The van der Waals surface area contributed by atoms with E-state index >= 15 is 0 Å². The lowest BCUT2D eigenvalue weighted by Gasteiger charge is -2.42. The molecule has 2 heterocycles. The van der Waals surface area contributed by atoms with Crippen LogP contribution in [-0.4, -0.2) is 194 Å². The number of nitrogens with zero attached hydrogens (tertiary/aromatic N) is 2. The number of aliphatic hydroxyl groups excluding tert-OH is 3. The van der Waals surface area contributed by atoms with Crippen LogP contribution in [0.3, 0.4) is 0 Å². The Hall–Kier alpha value is -2.99. The summed E-state index contributed by atoms with van der Waals surface area (Å²) in [5, 5.41) is 35.0. The van der Waals surface area contributed by atoms with E-state index in [9.17, 15) is 44.1 Å². The summed E-state index contributed by atoms with van der Waals surface area (Å²) >= 11 is 1.40. The highest BCUT2D eigenvalue weighted by Crippen LogP contribution is 2.33. The van der Waals surface area contributed by atoms with Crippen LogP contribution < -0.4 is 21.5 Å². The van der Waals surface area contributed by atoms with Gasteiger partial charge in [0.1, 0.15) is 18.3 Å². The molecule has 21 heteroatoms. The first-order chi connectivity index (χ1) is 27.4. The molecule has 0 spiro atoms. The zero-order chi connectivity index (χ0) is 41.7. The minimum Gasteiger partial charge on any atom is -0.394 e. The van der Waals surface area contributed by atoms with Gasteiger partial charge in [0.25, 0.3) is 0 Å². The molecule has 3 fully saturated rings. The quantitative estimate of drug-likeness (QED) is 0.0261. The second-order valence-corrected chi connectivity index (χ2v) is 15.1. The molecule has 57 heavy (non-hydrogen) atoms. The maximum atomic E-state index is 12.5. The summed E-state index contributed by atoms with van der Waals surface area (Å²) in [5.41, 5.74) is 5.58. The van der Waals surface area contributed by atoms with E-state index < -0.39 is 43.0 Å². The predicted octanol–water partition coefficient (Wildman–Crippen LogP) is -2.94. The molecule has 1 unspecified atom stereocenters. The van der Waals surface area contributed by atoms with E-state index in [0.29, 0.717) is 65.3 Å². The van der Waals surface area contributed by atoms with E-state index in [4.69, 9.17) is 23.7 Å². The van der Waals surface area contributed by atoms with Crippen molar-refractivity contribution >= 4 is 47.2 Å². The third-order valence-corrected chi connectivity index (χ3v) is 10.9. The van der Waals surface area contributed by atoms with Gasteiger partial charge < -0.3 is 54.5 Å². The van der Waals surface area contributed by atoms with Crippen LogP contribution in [0.1, 0.15) is 52.4 Å². The smallest absolute Gasteiger partial charge is 0.243 e.